The molecule has 0 aliphatic heterocycles. The largest absolute Gasteiger partial charge is 0.459 e. The van der Waals surface area contributed by atoms with Gasteiger partial charge in [0.05, 0.1) is 12.3 Å². The topological polar surface area (TPSA) is 44.1 Å². The molecule has 0 aromatic carbocycles. The van der Waals surface area contributed by atoms with Gasteiger partial charge in [-0.05, 0) is 45.4 Å². The third-order valence-electron chi connectivity index (χ3n) is 3.57. The SMILES string of the molecule is Cc1c(C(=O)OC(C)C)cnn1CC1CC(C)C1. The smallest absolute Gasteiger partial charge is 0.341 e. The summed E-state index contributed by atoms with van der Waals surface area (Å²) in [4.78, 5) is 11.8. The zero-order chi connectivity index (χ0) is 13.3. The van der Waals surface area contributed by atoms with E-state index in [1.807, 2.05) is 25.5 Å². The van der Waals surface area contributed by atoms with Crippen LogP contribution in [0.25, 0.3) is 0 Å². The van der Waals surface area contributed by atoms with Crippen LogP contribution in [0.15, 0.2) is 6.20 Å². The molecule has 0 N–H and O–H groups in total. The second kappa shape index (κ2) is 5.12. The molecule has 0 atom stereocenters. The highest BCUT2D eigenvalue weighted by Gasteiger charge is 2.27. The van der Waals surface area contributed by atoms with Crippen molar-refractivity contribution in [3.8, 4) is 0 Å². The first-order valence-electron chi connectivity index (χ1n) is 6.70. The lowest BCUT2D eigenvalue weighted by Gasteiger charge is -2.32. The van der Waals surface area contributed by atoms with Crippen molar-refractivity contribution in [1.82, 2.24) is 9.78 Å². The molecule has 0 amide bonds. The van der Waals surface area contributed by atoms with Crippen molar-refractivity contribution in [1.29, 1.82) is 0 Å². The second-order valence-electron chi connectivity index (χ2n) is 5.72. The molecule has 100 valence electrons. The predicted molar refractivity (Wildman–Crippen MR) is 69.4 cm³/mol. The van der Waals surface area contributed by atoms with Crippen molar-refractivity contribution in [3.05, 3.63) is 17.5 Å². The van der Waals surface area contributed by atoms with Gasteiger partial charge in [0.25, 0.3) is 0 Å². The molecular formula is C14H22N2O2. The monoisotopic (exact) mass is 250 g/mol. The molecule has 0 spiro atoms. The molecule has 0 saturated heterocycles. The minimum atomic E-state index is -0.268. The normalized spacial score (nSPS) is 22.9. The van der Waals surface area contributed by atoms with Gasteiger partial charge in [0.1, 0.15) is 5.56 Å². The lowest BCUT2D eigenvalue weighted by Crippen LogP contribution is -2.26. The van der Waals surface area contributed by atoms with Crippen molar-refractivity contribution in [2.45, 2.75) is 53.2 Å². The van der Waals surface area contributed by atoms with Crippen LogP contribution in [0.3, 0.4) is 0 Å². The maximum Gasteiger partial charge on any atom is 0.341 e. The zero-order valence-corrected chi connectivity index (χ0v) is 11.6. The van der Waals surface area contributed by atoms with Crippen LogP contribution < -0.4 is 0 Å². The van der Waals surface area contributed by atoms with Gasteiger partial charge < -0.3 is 4.74 Å². The highest BCUT2D eigenvalue weighted by molar-refractivity contribution is 5.90. The van der Waals surface area contributed by atoms with E-state index < -0.39 is 0 Å². The molecule has 1 aliphatic carbocycles. The Morgan fingerprint density at radius 2 is 2.22 bits per heavy atom. The Balaban J connectivity index is 2.01. The van der Waals surface area contributed by atoms with E-state index in [9.17, 15) is 4.79 Å². The summed E-state index contributed by atoms with van der Waals surface area (Å²) in [6.07, 6.45) is 4.07. The quantitative estimate of drug-likeness (QED) is 0.772. The number of hydrogen-bond donors (Lipinski definition) is 0. The number of rotatable bonds is 4. The summed E-state index contributed by atoms with van der Waals surface area (Å²) >= 11 is 0. The van der Waals surface area contributed by atoms with E-state index in [1.165, 1.54) is 12.8 Å². The Kier molecular flexibility index (Phi) is 3.73. The van der Waals surface area contributed by atoms with E-state index >= 15 is 0 Å². The van der Waals surface area contributed by atoms with Crippen molar-refractivity contribution < 1.29 is 9.53 Å². The van der Waals surface area contributed by atoms with E-state index in [1.54, 1.807) is 6.20 Å². The van der Waals surface area contributed by atoms with Crippen LogP contribution in [0.5, 0.6) is 0 Å². The summed E-state index contributed by atoms with van der Waals surface area (Å²) in [7, 11) is 0. The van der Waals surface area contributed by atoms with Gasteiger partial charge in [-0.3, -0.25) is 4.68 Å². The average Bonchev–Trinajstić information content (AvgIpc) is 2.57. The predicted octanol–water partition coefficient (Wildman–Crippen LogP) is 2.80. The first-order chi connectivity index (χ1) is 8.47. The Bertz CT molecular complexity index is 431. The zero-order valence-electron chi connectivity index (χ0n) is 11.6. The van der Waals surface area contributed by atoms with Gasteiger partial charge in [0.2, 0.25) is 0 Å². The maximum atomic E-state index is 11.8. The van der Waals surface area contributed by atoms with Gasteiger partial charge in [-0.2, -0.15) is 5.10 Å². The summed E-state index contributed by atoms with van der Waals surface area (Å²) in [6.45, 7) is 8.84. The minimum absolute atomic E-state index is 0.0901. The molecule has 1 saturated carbocycles. The van der Waals surface area contributed by atoms with E-state index in [0.29, 0.717) is 11.5 Å². The maximum absolute atomic E-state index is 11.8. The summed E-state index contributed by atoms with van der Waals surface area (Å²) in [5.41, 5.74) is 1.51. The number of carbonyl (C=O) groups excluding carboxylic acids is 1. The highest BCUT2D eigenvalue weighted by Crippen LogP contribution is 2.34. The Hall–Kier alpha value is -1.32. The highest BCUT2D eigenvalue weighted by atomic mass is 16.5. The first kappa shape index (κ1) is 13.1. The first-order valence-corrected chi connectivity index (χ1v) is 6.70. The standard InChI is InChI=1S/C14H22N2O2/c1-9(2)18-14(17)13-7-15-16(11(13)4)8-12-5-10(3)6-12/h7,9-10,12H,5-6,8H2,1-4H3. The summed E-state index contributed by atoms with van der Waals surface area (Å²) < 4.78 is 7.14. The molecule has 0 bridgehead atoms. The molecule has 1 aromatic rings. The van der Waals surface area contributed by atoms with E-state index in [4.69, 9.17) is 4.74 Å². The second-order valence-corrected chi connectivity index (χ2v) is 5.72. The Labute approximate surface area is 108 Å². The molecule has 4 heteroatoms. The minimum Gasteiger partial charge on any atom is -0.459 e. The summed E-state index contributed by atoms with van der Waals surface area (Å²) in [5.74, 6) is 1.29. The molecule has 4 nitrogen and oxygen atoms in total. The lowest BCUT2D eigenvalue weighted by molar-refractivity contribution is 0.0376. The van der Waals surface area contributed by atoms with Gasteiger partial charge in [-0.1, -0.05) is 6.92 Å². The van der Waals surface area contributed by atoms with Crippen molar-refractivity contribution in [2.24, 2.45) is 11.8 Å². The fourth-order valence-electron chi connectivity index (χ4n) is 2.57. The molecule has 1 fully saturated rings. The molecular weight excluding hydrogens is 228 g/mol. The van der Waals surface area contributed by atoms with Gasteiger partial charge >= 0.3 is 5.97 Å². The molecule has 1 aliphatic rings. The number of ether oxygens (including phenoxy) is 1. The molecule has 2 rings (SSSR count). The molecule has 18 heavy (non-hydrogen) atoms. The molecule has 1 heterocycles. The number of carbonyl (C=O) groups is 1. The lowest BCUT2D eigenvalue weighted by atomic mass is 9.76. The van der Waals surface area contributed by atoms with Crippen LogP contribution in [0.4, 0.5) is 0 Å². The van der Waals surface area contributed by atoms with Gasteiger partial charge in [-0.25, -0.2) is 4.79 Å². The third-order valence-corrected chi connectivity index (χ3v) is 3.57. The third kappa shape index (κ3) is 2.74. The van der Waals surface area contributed by atoms with Crippen LogP contribution in [0.2, 0.25) is 0 Å². The van der Waals surface area contributed by atoms with Crippen LogP contribution in [-0.4, -0.2) is 21.9 Å². The molecule has 0 unspecified atom stereocenters. The van der Waals surface area contributed by atoms with Crippen molar-refractivity contribution >= 4 is 5.97 Å². The Morgan fingerprint density at radius 1 is 1.56 bits per heavy atom. The fourth-order valence-corrected chi connectivity index (χ4v) is 2.57. The number of esters is 1. The van der Waals surface area contributed by atoms with Crippen molar-refractivity contribution in [3.63, 3.8) is 0 Å². The average molecular weight is 250 g/mol. The number of nitrogens with zero attached hydrogens (tertiary/aromatic N) is 2. The van der Waals surface area contributed by atoms with Crippen LogP contribution in [0, 0.1) is 18.8 Å². The fraction of sp³-hybridized carbons (Fsp3) is 0.714. The van der Waals surface area contributed by atoms with Crippen LogP contribution >= 0.6 is 0 Å². The van der Waals surface area contributed by atoms with E-state index in [-0.39, 0.29) is 12.1 Å². The van der Waals surface area contributed by atoms with Gasteiger partial charge in [0.15, 0.2) is 0 Å². The summed E-state index contributed by atoms with van der Waals surface area (Å²) in [5, 5.41) is 4.31. The van der Waals surface area contributed by atoms with E-state index in [2.05, 4.69) is 12.0 Å². The number of hydrogen-bond acceptors (Lipinski definition) is 3. The van der Waals surface area contributed by atoms with Crippen LogP contribution in [-0.2, 0) is 11.3 Å². The summed E-state index contributed by atoms with van der Waals surface area (Å²) in [6, 6.07) is 0. The van der Waals surface area contributed by atoms with E-state index in [0.717, 1.165) is 18.2 Å². The molecule has 1 aromatic heterocycles. The van der Waals surface area contributed by atoms with Gasteiger partial charge in [0, 0.05) is 12.2 Å². The molecule has 0 radical (unpaired) electrons. The Morgan fingerprint density at radius 3 is 2.78 bits per heavy atom. The van der Waals surface area contributed by atoms with Gasteiger partial charge in [-0.15, -0.1) is 0 Å². The van der Waals surface area contributed by atoms with Crippen LogP contribution in [0.1, 0.15) is 49.7 Å². The van der Waals surface area contributed by atoms with Crippen molar-refractivity contribution in [2.75, 3.05) is 0 Å². The number of aromatic nitrogens is 2.